The molecule has 0 unspecified atom stereocenters. The van der Waals surface area contributed by atoms with Crippen molar-refractivity contribution < 1.29 is 19.2 Å². The van der Waals surface area contributed by atoms with E-state index in [1.165, 1.54) is 19.2 Å². The van der Waals surface area contributed by atoms with Gasteiger partial charge >= 0.3 is 0 Å². The molecule has 2 aromatic carbocycles. The number of carbonyl (C=O) groups excluding carboxylic acids is 1. The summed E-state index contributed by atoms with van der Waals surface area (Å²) in [7, 11) is 1.42. The Morgan fingerprint density at radius 2 is 2.04 bits per heavy atom. The van der Waals surface area contributed by atoms with Crippen LogP contribution in [0.15, 0.2) is 36.4 Å². The number of hydrogen-bond acceptors (Lipinski definition) is 7. The van der Waals surface area contributed by atoms with Gasteiger partial charge in [-0.05, 0) is 24.6 Å². The number of thiazole rings is 1. The van der Waals surface area contributed by atoms with Crippen LogP contribution in [0.1, 0.15) is 12.5 Å². The minimum atomic E-state index is -0.494. The normalized spacial score (nSPS) is 10.6. The highest BCUT2D eigenvalue weighted by Gasteiger charge is 2.17. The predicted octanol–water partition coefficient (Wildman–Crippen LogP) is 3.79. The van der Waals surface area contributed by atoms with Gasteiger partial charge < -0.3 is 14.8 Å². The molecule has 27 heavy (non-hydrogen) atoms. The molecule has 0 saturated carbocycles. The van der Waals surface area contributed by atoms with E-state index >= 15 is 0 Å². The second kappa shape index (κ2) is 8.00. The van der Waals surface area contributed by atoms with E-state index in [4.69, 9.17) is 9.47 Å². The van der Waals surface area contributed by atoms with E-state index in [0.717, 1.165) is 22.6 Å². The maximum atomic E-state index is 12.3. The van der Waals surface area contributed by atoms with Crippen LogP contribution in [0, 0.1) is 10.1 Å². The molecule has 0 radical (unpaired) electrons. The lowest BCUT2D eigenvalue weighted by Crippen LogP contribution is -2.14. The molecular weight excluding hydrogens is 370 g/mol. The van der Waals surface area contributed by atoms with Gasteiger partial charge in [0.05, 0.1) is 35.8 Å². The molecule has 0 atom stereocenters. The average molecular weight is 387 g/mol. The van der Waals surface area contributed by atoms with Crippen LogP contribution in [0.3, 0.4) is 0 Å². The fourth-order valence-electron chi connectivity index (χ4n) is 2.52. The zero-order valence-electron chi connectivity index (χ0n) is 14.7. The van der Waals surface area contributed by atoms with Crippen LogP contribution in [0.5, 0.6) is 11.5 Å². The predicted molar refractivity (Wildman–Crippen MR) is 103 cm³/mol. The third-order valence-electron chi connectivity index (χ3n) is 3.72. The van der Waals surface area contributed by atoms with E-state index in [2.05, 4.69) is 10.3 Å². The molecule has 1 amide bonds. The maximum absolute atomic E-state index is 12.3. The Kier molecular flexibility index (Phi) is 5.51. The molecule has 3 aromatic rings. The number of aromatic nitrogens is 1. The highest BCUT2D eigenvalue weighted by atomic mass is 32.1. The minimum absolute atomic E-state index is 0.0877. The van der Waals surface area contributed by atoms with Crippen molar-refractivity contribution in [2.75, 3.05) is 19.0 Å². The summed E-state index contributed by atoms with van der Waals surface area (Å²) in [5.41, 5.74) is 1.23. The van der Waals surface area contributed by atoms with Crippen LogP contribution < -0.4 is 14.8 Å². The first-order valence-corrected chi connectivity index (χ1v) is 8.96. The van der Waals surface area contributed by atoms with Crippen molar-refractivity contribution in [1.29, 1.82) is 0 Å². The number of benzene rings is 2. The van der Waals surface area contributed by atoms with Gasteiger partial charge in [-0.15, -0.1) is 0 Å². The van der Waals surface area contributed by atoms with Crippen molar-refractivity contribution in [2.45, 2.75) is 13.3 Å². The molecule has 0 fully saturated rings. The summed E-state index contributed by atoms with van der Waals surface area (Å²) >= 11 is 1.16. The number of nitro groups is 1. The van der Waals surface area contributed by atoms with Crippen molar-refractivity contribution in [3.05, 3.63) is 52.1 Å². The van der Waals surface area contributed by atoms with Gasteiger partial charge in [0.25, 0.3) is 5.69 Å². The lowest BCUT2D eigenvalue weighted by atomic mass is 10.1. The smallest absolute Gasteiger partial charge is 0.274 e. The van der Waals surface area contributed by atoms with Crippen molar-refractivity contribution in [3.8, 4) is 11.5 Å². The van der Waals surface area contributed by atoms with Gasteiger partial charge in [0, 0.05) is 6.07 Å². The van der Waals surface area contributed by atoms with Gasteiger partial charge in [0.1, 0.15) is 11.3 Å². The second-order valence-corrected chi connectivity index (χ2v) is 6.60. The molecular formula is C18H17N3O5S. The van der Waals surface area contributed by atoms with Gasteiger partial charge in [-0.2, -0.15) is 0 Å². The van der Waals surface area contributed by atoms with E-state index in [9.17, 15) is 14.9 Å². The summed E-state index contributed by atoms with van der Waals surface area (Å²) < 4.78 is 11.1. The first-order valence-electron chi connectivity index (χ1n) is 8.14. The Labute approximate surface area is 158 Å². The highest BCUT2D eigenvalue weighted by Crippen LogP contribution is 2.36. The quantitative estimate of drug-likeness (QED) is 0.489. The van der Waals surface area contributed by atoms with Crippen molar-refractivity contribution in [2.24, 2.45) is 0 Å². The first kappa shape index (κ1) is 18.6. The van der Waals surface area contributed by atoms with Crippen LogP contribution in [0.25, 0.3) is 10.2 Å². The molecule has 1 aromatic heterocycles. The number of rotatable bonds is 7. The zero-order chi connectivity index (χ0) is 19.4. The van der Waals surface area contributed by atoms with Crippen molar-refractivity contribution in [3.63, 3.8) is 0 Å². The van der Waals surface area contributed by atoms with Gasteiger partial charge in [-0.25, -0.2) is 4.98 Å². The van der Waals surface area contributed by atoms with Gasteiger partial charge in [0.15, 0.2) is 10.9 Å². The standard InChI is InChI=1S/C18H17N3O5S/c1-3-26-13-6-4-11(5-7-13)8-16(22)19-18-20-17-14(25-2)9-12(21(23)24)10-15(17)27-18/h4-7,9-10H,3,8H2,1-2H3,(H,19,20,22). The fourth-order valence-corrected chi connectivity index (χ4v) is 3.45. The molecule has 140 valence electrons. The molecule has 0 spiro atoms. The average Bonchev–Trinajstić information content (AvgIpc) is 3.04. The van der Waals surface area contributed by atoms with E-state index in [1.807, 2.05) is 31.2 Å². The summed E-state index contributed by atoms with van der Waals surface area (Å²) in [6, 6.07) is 10.0. The summed E-state index contributed by atoms with van der Waals surface area (Å²) in [6.07, 6.45) is 0.180. The molecule has 1 N–H and O–H groups in total. The number of ether oxygens (including phenoxy) is 2. The Morgan fingerprint density at radius 1 is 1.30 bits per heavy atom. The van der Waals surface area contributed by atoms with Gasteiger partial charge in [-0.3, -0.25) is 14.9 Å². The molecule has 0 aliphatic heterocycles. The number of nitrogens with one attached hydrogen (secondary N) is 1. The van der Waals surface area contributed by atoms with E-state index in [-0.39, 0.29) is 18.0 Å². The summed E-state index contributed by atoms with van der Waals surface area (Å²) in [5.74, 6) is 0.815. The lowest BCUT2D eigenvalue weighted by molar-refractivity contribution is -0.384. The van der Waals surface area contributed by atoms with Crippen LogP contribution in [0.2, 0.25) is 0 Å². The van der Waals surface area contributed by atoms with Crippen LogP contribution in [-0.2, 0) is 11.2 Å². The first-order chi connectivity index (χ1) is 13.0. The number of methoxy groups -OCH3 is 1. The Hall–Kier alpha value is -3.20. The van der Waals surface area contributed by atoms with E-state index in [1.54, 1.807) is 0 Å². The largest absolute Gasteiger partial charge is 0.494 e. The number of fused-ring (bicyclic) bond motifs is 1. The van der Waals surface area contributed by atoms with Crippen LogP contribution in [-0.4, -0.2) is 29.5 Å². The molecule has 1 heterocycles. The molecule has 9 heteroatoms. The zero-order valence-corrected chi connectivity index (χ0v) is 15.5. The van der Waals surface area contributed by atoms with Gasteiger partial charge in [-0.1, -0.05) is 23.5 Å². The molecule has 3 rings (SSSR count). The maximum Gasteiger partial charge on any atom is 0.274 e. The van der Waals surface area contributed by atoms with Crippen molar-refractivity contribution >= 4 is 38.3 Å². The number of anilines is 1. The SMILES string of the molecule is CCOc1ccc(CC(=O)Nc2nc3c(OC)cc([N+](=O)[O-])cc3s2)cc1. The number of amides is 1. The minimum Gasteiger partial charge on any atom is -0.494 e. The monoisotopic (exact) mass is 387 g/mol. The Bertz CT molecular complexity index is 985. The molecule has 8 nitrogen and oxygen atoms in total. The van der Waals surface area contributed by atoms with Crippen molar-refractivity contribution in [1.82, 2.24) is 4.98 Å². The van der Waals surface area contributed by atoms with E-state index in [0.29, 0.717) is 27.7 Å². The molecule has 0 bridgehead atoms. The number of carbonyl (C=O) groups is 1. The summed E-state index contributed by atoms with van der Waals surface area (Å²) in [6.45, 7) is 2.49. The molecule has 0 saturated heterocycles. The highest BCUT2D eigenvalue weighted by molar-refractivity contribution is 7.22. The number of non-ortho nitro benzene ring substituents is 1. The van der Waals surface area contributed by atoms with Crippen LogP contribution in [0.4, 0.5) is 10.8 Å². The number of hydrogen-bond donors (Lipinski definition) is 1. The van der Waals surface area contributed by atoms with Crippen LogP contribution >= 0.6 is 11.3 Å². The summed E-state index contributed by atoms with van der Waals surface area (Å²) in [5, 5.41) is 14.1. The number of nitro benzene ring substituents is 1. The lowest BCUT2D eigenvalue weighted by Gasteiger charge is -2.05. The van der Waals surface area contributed by atoms with Gasteiger partial charge in [0.2, 0.25) is 5.91 Å². The number of nitrogens with zero attached hydrogens (tertiary/aromatic N) is 2. The third kappa shape index (κ3) is 4.32. The summed E-state index contributed by atoms with van der Waals surface area (Å²) in [4.78, 5) is 27.1. The Morgan fingerprint density at radius 3 is 2.67 bits per heavy atom. The third-order valence-corrected chi connectivity index (χ3v) is 4.64. The topological polar surface area (TPSA) is 104 Å². The fraction of sp³-hybridized carbons (Fsp3) is 0.222. The Balaban J connectivity index is 1.75. The molecule has 0 aliphatic rings. The van der Waals surface area contributed by atoms with E-state index < -0.39 is 4.92 Å². The second-order valence-electron chi connectivity index (χ2n) is 5.57. The molecule has 0 aliphatic carbocycles.